The van der Waals surface area contributed by atoms with Crippen molar-refractivity contribution in [3.8, 4) is 0 Å². The Morgan fingerprint density at radius 3 is 1.51 bits per heavy atom. The molecule has 0 spiro atoms. The van der Waals surface area contributed by atoms with Crippen LogP contribution in [0.1, 0.15) is 25.7 Å². The minimum Gasteiger partial charge on any atom is -0.399 e. The standard InChI is InChI=1S/C11H15ClN2O3S.C7H10N2O2S.C4H6Cl2O/c1-13-18(16,17)10-6-4-9(5-7-10)14-11(15)3-2-8-12;1-9-12(10,11)7-4-2-6(8)3-5-7;5-3-1-2-4(6)7/h4-7,13H,2-3,8H2,1H3,(H,14,15);2-5,9H,8H2,1H3;1-3H2. The third-order valence-corrected chi connectivity index (χ3v) is 7.80. The second-order valence-corrected chi connectivity index (χ2v) is 11.9. The molecule has 0 aliphatic rings. The third kappa shape index (κ3) is 15.2. The lowest BCUT2D eigenvalue weighted by molar-refractivity contribution is -0.116. The van der Waals surface area contributed by atoms with Gasteiger partial charge in [0.05, 0.1) is 9.79 Å². The molecule has 0 fully saturated rings. The molecule has 0 unspecified atom stereocenters. The van der Waals surface area contributed by atoms with Gasteiger partial charge in [-0.15, -0.1) is 23.2 Å². The van der Waals surface area contributed by atoms with E-state index >= 15 is 0 Å². The molecule has 0 aliphatic carbocycles. The van der Waals surface area contributed by atoms with Crippen LogP contribution in [-0.2, 0) is 29.6 Å². The molecule has 0 saturated heterocycles. The monoisotopic (exact) mass is 616 g/mol. The summed E-state index contributed by atoms with van der Waals surface area (Å²) in [4.78, 5) is 21.7. The number of nitrogens with two attached hydrogens (primary N) is 1. The van der Waals surface area contributed by atoms with Crippen LogP contribution in [0, 0.1) is 0 Å². The summed E-state index contributed by atoms with van der Waals surface area (Å²) in [5.74, 6) is 0.811. The molecule has 37 heavy (non-hydrogen) atoms. The molecule has 0 bridgehead atoms. The number of carbonyl (C=O) groups excluding carboxylic acids is 2. The molecule has 2 rings (SSSR count). The van der Waals surface area contributed by atoms with Crippen molar-refractivity contribution in [3.05, 3.63) is 48.5 Å². The Morgan fingerprint density at radius 1 is 0.757 bits per heavy atom. The maximum absolute atomic E-state index is 11.5. The van der Waals surface area contributed by atoms with Gasteiger partial charge in [0.25, 0.3) is 0 Å². The van der Waals surface area contributed by atoms with Gasteiger partial charge in [-0.1, -0.05) is 0 Å². The second kappa shape index (κ2) is 18.3. The van der Waals surface area contributed by atoms with Gasteiger partial charge in [-0.25, -0.2) is 26.3 Å². The number of hydrogen-bond acceptors (Lipinski definition) is 7. The van der Waals surface area contributed by atoms with Crippen molar-refractivity contribution in [3.63, 3.8) is 0 Å². The van der Waals surface area contributed by atoms with Gasteiger partial charge in [-0.05, 0) is 87.1 Å². The summed E-state index contributed by atoms with van der Waals surface area (Å²) >= 11 is 15.7. The van der Waals surface area contributed by atoms with E-state index in [1.807, 2.05) is 0 Å². The van der Waals surface area contributed by atoms with E-state index in [1.165, 1.54) is 38.4 Å². The zero-order valence-electron chi connectivity index (χ0n) is 20.3. The molecule has 1 amide bonds. The molecule has 0 radical (unpaired) electrons. The number of nitrogen functional groups attached to an aromatic ring is 1. The van der Waals surface area contributed by atoms with Gasteiger partial charge >= 0.3 is 0 Å². The first-order chi connectivity index (χ1) is 17.3. The lowest BCUT2D eigenvalue weighted by atomic mass is 10.3. The lowest BCUT2D eigenvalue weighted by Crippen LogP contribution is -2.18. The first-order valence-corrected chi connectivity index (χ1v) is 15.2. The zero-order valence-corrected chi connectivity index (χ0v) is 24.2. The quantitative estimate of drug-likeness (QED) is 0.170. The molecule has 0 saturated carbocycles. The summed E-state index contributed by atoms with van der Waals surface area (Å²) in [6, 6.07) is 12.0. The molecule has 2 aromatic carbocycles. The number of carbonyl (C=O) groups is 2. The molecule has 208 valence electrons. The number of hydrogen-bond donors (Lipinski definition) is 4. The molecule has 10 nitrogen and oxygen atoms in total. The van der Waals surface area contributed by atoms with Gasteiger partial charge in [-0.3, -0.25) is 9.59 Å². The van der Waals surface area contributed by atoms with Crippen LogP contribution in [0.15, 0.2) is 58.3 Å². The van der Waals surface area contributed by atoms with Gasteiger partial charge in [0.2, 0.25) is 31.2 Å². The predicted molar refractivity (Wildman–Crippen MR) is 149 cm³/mol. The van der Waals surface area contributed by atoms with Crippen LogP contribution >= 0.6 is 34.8 Å². The number of benzene rings is 2. The first-order valence-electron chi connectivity index (χ1n) is 10.8. The van der Waals surface area contributed by atoms with Gasteiger partial charge in [0.15, 0.2) is 0 Å². The number of halogens is 3. The van der Waals surface area contributed by atoms with E-state index in [-0.39, 0.29) is 20.9 Å². The molecule has 15 heteroatoms. The summed E-state index contributed by atoms with van der Waals surface area (Å²) in [5, 5.41) is 2.36. The molecule has 5 N–H and O–H groups in total. The number of rotatable bonds is 11. The molecule has 0 aliphatic heterocycles. The number of anilines is 2. The van der Waals surface area contributed by atoms with E-state index in [2.05, 4.69) is 14.8 Å². The highest BCUT2D eigenvalue weighted by molar-refractivity contribution is 7.89. The van der Waals surface area contributed by atoms with Crippen LogP contribution in [0.2, 0.25) is 0 Å². The van der Waals surface area contributed by atoms with E-state index in [0.717, 1.165) is 0 Å². The Morgan fingerprint density at radius 2 is 1.16 bits per heavy atom. The highest BCUT2D eigenvalue weighted by Gasteiger charge is 2.11. The van der Waals surface area contributed by atoms with Crippen LogP contribution in [-0.4, -0.2) is 53.8 Å². The second-order valence-electron chi connectivity index (χ2n) is 7.00. The third-order valence-electron chi connectivity index (χ3n) is 4.22. The fraction of sp³-hybridized carbons (Fsp3) is 0.364. The van der Waals surface area contributed by atoms with Crippen molar-refractivity contribution in [2.75, 3.05) is 36.9 Å². The Hall–Kier alpha value is -1.93. The summed E-state index contributed by atoms with van der Waals surface area (Å²) in [5.41, 5.74) is 6.50. The number of sulfonamides is 2. The van der Waals surface area contributed by atoms with Crippen LogP contribution in [0.3, 0.4) is 0 Å². The molecular weight excluding hydrogens is 587 g/mol. The Kier molecular flexibility index (Phi) is 17.4. The molecule has 0 heterocycles. The normalized spacial score (nSPS) is 10.8. The number of nitrogens with one attached hydrogen (secondary N) is 3. The minimum absolute atomic E-state index is 0.139. The van der Waals surface area contributed by atoms with Crippen molar-refractivity contribution in [2.24, 2.45) is 0 Å². The Bertz CT molecular complexity index is 1180. The highest BCUT2D eigenvalue weighted by atomic mass is 35.5. The first kappa shape index (κ1) is 35.1. The van der Waals surface area contributed by atoms with Gasteiger partial charge in [-0.2, -0.15) is 0 Å². The molecule has 2 aromatic rings. The number of alkyl halides is 2. The van der Waals surface area contributed by atoms with E-state index in [9.17, 15) is 26.4 Å². The van der Waals surface area contributed by atoms with E-state index in [1.54, 1.807) is 24.3 Å². The van der Waals surface area contributed by atoms with E-state index in [4.69, 9.17) is 40.5 Å². The SMILES string of the molecule is CNS(=O)(=O)c1ccc(N)cc1.CNS(=O)(=O)c1ccc(NC(=O)CCCCl)cc1.O=C(Cl)CCCCl. The Balaban J connectivity index is 0.000000586. The summed E-state index contributed by atoms with van der Waals surface area (Å²) < 4.78 is 49.7. The largest absolute Gasteiger partial charge is 0.399 e. The van der Waals surface area contributed by atoms with E-state index < -0.39 is 20.0 Å². The minimum atomic E-state index is -3.44. The zero-order chi connectivity index (χ0) is 28.5. The van der Waals surface area contributed by atoms with Crippen molar-refractivity contribution < 1.29 is 26.4 Å². The van der Waals surface area contributed by atoms with Crippen LogP contribution in [0.5, 0.6) is 0 Å². The van der Waals surface area contributed by atoms with Crippen molar-refractivity contribution >= 4 is 77.4 Å². The average Bonchev–Trinajstić information content (AvgIpc) is 2.87. The fourth-order valence-corrected chi connectivity index (χ4v) is 4.12. The summed E-state index contributed by atoms with van der Waals surface area (Å²) in [6.45, 7) is 0. The lowest BCUT2D eigenvalue weighted by Gasteiger charge is -2.06. The highest BCUT2D eigenvalue weighted by Crippen LogP contribution is 2.14. The van der Waals surface area contributed by atoms with Gasteiger partial charge < -0.3 is 11.1 Å². The maximum Gasteiger partial charge on any atom is 0.240 e. The topological polar surface area (TPSA) is 165 Å². The molecule has 0 atom stereocenters. The van der Waals surface area contributed by atoms with Crippen LogP contribution in [0.4, 0.5) is 11.4 Å². The van der Waals surface area contributed by atoms with Gasteiger partial charge in [0, 0.05) is 36.0 Å². The van der Waals surface area contributed by atoms with Gasteiger partial charge in [0.1, 0.15) is 0 Å². The van der Waals surface area contributed by atoms with E-state index in [0.29, 0.717) is 48.8 Å². The molecular formula is C22H31Cl3N4O6S2. The number of amides is 1. The summed E-state index contributed by atoms with van der Waals surface area (Å²) in [7, 11) is -4.05. The van der Waals surface area contributed by atoms with Crippen molar-refractivity contribution in [2.45, 2.75) is 35.5 Å². The Labute approximate surface area is 233 Å². The van der Waals surface area contributed by atoms with Crippen molar-refractivity contribution in [1.82, 2.24) is 9.44 Å². The average molecular weight is 618 g/mol. The smallest absolute Gasteiger partial charge is 0.240 e. The molecule has 0 aromatic heterocycles. The summed E-state index contributed by atoms with van der Waals surface area (Å²) in [6.07, 6.45) is 2.04. The predicted octanol–water partition coefficient (Wildman–Crippen LogP) is 3.50. The van der Waals surface area contributed by atoms with Crippen molar-refractivity contribution in [1.29, 1.82) is 0 Å². The van der Waals surface area contributed by atoms with Crippen LogP contribution < -0.4 is 20.5 Å². The van der Waals surface area contributed by atoms with Crippen LogP contribution in [0.25, 0.3) is 0 Å². The fourth-order valence-electron chi connectivity index (χ4n) is 2.26. The maximum atomic E-state index is 11.5.